The molecule has 1 rings (SSSR count). The van der Waals surface area contributed by atoms with Gasteiger partial charge in [-0.15, -0.1) is 0 Å². The van der Waals surface area contributed by atoms with E-state index >= 15 is 0 Å². The van der Waals surface area contributed by atoms with Gasteiger partial charge in [0.2, 0.25) is 11.8 Å². The van der Waals surface area contributed by atoms with E-state index in [1.54, 1.807) is 0 Å². The van der Waals surface area contributed by atoms with Crippen LogP contribution in [0, 0.1) is 11.8 Å². The second-order valence-corrected chi connectivity index (χ2v) is 4.70. The van der Waals surface area contributed by atoms with Crippen LogP contribution >= 0.6 is 0 Å². The highest BCUT2D eigenvalue weighted by Crippen LogP contribution is 2.30. The van der Waals surface area contributed by atoms with Gasteiger partial charge in [-0.25, -0.2) is 0 Å². The van der Waals surface area contributed by atoms with Gasteiger partial charge in [-0.3, -0.25) is 14.4 Å². The SMILES string of the molecule is NC(=O)CCCNC(=O)C1CCCCC1C(=O)O. The first kappa shape index (κ1) is 14.5. The van der Waals surface area contributed by atoms with E-state index in [2.05, 4.69) is 5.32 Å². The Morgan fingerprint density at radius 2 is 1.78 bits per heavy atom. The predicted octanol–water partition coefficient (Wildman–Crippen LogP) is 0.259. The van der Waals surface area contributed by atoms with Gasteiger partial charge in [-0.2, -0.15) is 0 Å². The summed E-state index contributed by atoms with van der Waals surface area (Å²) in [7, 11) is 0. The van der Waals surface area contributed by atoms with Crippen LogP contribution < -0.4 is 11.1 Å². The van der Waals surface area contributed by atoms with Crippen LogP contribution in [0.3, 0.4) is 0 Å². The summed E-state index contributed by atoms with van der Waals surface area (Å²) >= 11 is 0. The smallest absolute Gasteiger partial charge is 0.307 e. The van der Waals surface area contributed by atoms with Crippen molar-refractivity contribution in [2.24, 2.45) is 17.6 Å². The minimum atomic E-state index is -0.896. The molecule has 0 spiro atoms. The lowest BCUT2D eigenvalue weighted by Gasteiger charge is -2.27. The largest absolute Gasteiger partial charge is 0.481 e. The predicted molar refractivity (Wildman–Crippen MR) is 64.5 cm³/mol. The van der Waals surface area contributed by atoms with Gasteiger partial charge in [-0.1, -0.05) is 12.8 Å². The second-order valence-electron chi connectivity index (χ2n) is 4.70. The third-order valence-electron chi connectivity index (χ3n) is 3.32. The summed E-state index contributed by atoms with van der Waals surface area (Å²) in [6.45, 7) is 0.366. The molecular formula is C12H20N2O4. The molecule has 1 aliphatic carbocycles. The molecule has 2 amide bonds. The summed E-state index contributed by atoms with van der Waals surface area (Å²) in [6.07, 6.45) is 3.66. The molecule has 1 saturated carbocycles. The summed E-state index contributed by atoms with van der Waals surface area (Å²) < 4.78 is 0. The molecule has 0 radical (unpaired) electrons. The summed E-state index contributed by atoms with van der Waals surface area (Å²) in [5, 5.41) is 11.7. The van der Waals surface area contributed by atoms with E-state index in [0.717, 1.165) is 12.8 Å². The monoisotopic (exact) mass is 256 g/mol. The van der Waals surface area contributed by atoms with Crippen molar-refractivity contribution in [3.8, 4) is 0 Å². The molecule has 0 bridgehead atoms. The normalized spacial score (nSPS) is 23.3. The third-order valence-corrected chi connectivity index (χ3v) is 3.32. The van der Waals surface area contributed by atoms with E-state index in [0.29, 0.717) is 25.8 Å². The van der Waals surface area contributed by atoms with Crippen LogP contribution in [0.5, 0.6) is 0 Å². The molecule has 102 valence electrons. The highest BCUT2D eigenvalue weighted by molar-refractivity contribution is 5.84. The maximum absolute atomic E-state index is 11.9. The van der Waals surface area contributed by atoms with Crippen molar-refractivity contribution in [3.05, 3.63) is 0 Å². The average molecular weight is 256 g/mol. The van der Waals surface area contributed by atoms with E-state index in [9.17, 15) is 14.4 Å². The summed E-state index contributed by atoms with van der Waals surface area (Å²) in [5.41, 5.74) is 4.98. The molecule has 1 fully saturated rings. The Morgan fingerprint density at radius 1 is 1.17 bits per heavy atom. The number of carbonyl (C=O) groups excluding carboxylic acids is 2. The number of rotatable bonds is 6. The fraction of sp³-hybridized carbons (Fsp3) is 0.750. The third kappa shape index (κ3) is 4.35. The number of hydrogen-bond donors (Lipinski definition) is 3. The van der Waals surface area contributed by atoms with Crippen molar-refractivity contribution >= 4 is 17.8 Å². The summed E-state index contributed by atoms with van der Waals surface area (Å²) in [5.74, 6) is -2.52. The van der Waals surface area contributed by atoms with E-state index in [1.165, 1.54) is 0 Å². The number of carboxylic acid groups (broad SMARTS) is 1. The van der Waals surface area contributed by atoms with E-state index in [4.69, 9.17) is 10.8 Å². The lowest BCUT2D eigenvalue weighted by atomic mass is 9.78. The van der Waals surface area contributed by atoms with Gasteiger partial charge < -0.3 is 16.2 Å². The van der Waals surface area contributed by atoms with Crippen molar-refractivity contribution in [2.45, 2.75) is 38.5 Å². The highest BCUT2D eigenvalue weighted by atomic mass is 16.4. The van der Waals surface area contributed by atoms with Crippen molar-refractivity contribution in [3.63, 3.8) is 0 Å². The number of carbonyl (C=O) groups is 3. The van der Waals surface area contributed by atoms with Crippen LogP contribution in [0.1, 0.15) is 38.5 Å². The zero-order valence-corrected chi connectivity index (χ0v) is 10.4. The quantitative estimate of drug-likeness (QED) is 0.592. The lowest BCUT2D eigenvalue weighted by molar-refractivity contribution is -0.148. The first-order chi connectivity index (χ1) is 8.52. The van der Waals surface area contributed by atoms with Crippen LogP contribution in [0.15, 0.2) is 0 Å². The first-order valence-corrected chi connectivity index (χ1v) is 6.31. The summed E-state index contributed by atoms with van der Waals surface area (Å²) in [4.78, 5) is 33.4. The molecule has 0 aliphatic heterocycles. The molecule has 0 heterocycles. The van der Waals surface area contributed by atoms with Gasteiger partial charge in [0.1, 0.15) is 0 Å². The molecule has 0 aromatic carbocycles. The molecule has 1 aliphatic rings. The Labute approximate surface area is 106 Å². The van der Waals surface area contributed by atoms with Gasteiger partial charge in [-0.05, 0) is 19.3 Å². The number of nitrogens with two attached hydrogens (primary N) is 1. The number of nitrogens with one attached hydrogen (secondary N) is 1. The number of carboxylic acids is 1. The van der Waals surface area contributed by atoms with E-state index in [-0.39, 0.29) is 12.3 Å². The number of amides is 2. The molecule has 6 nitrogen and oxygen atoms in total. The fourth-order valence-corrected chi connectivity index (χ4v) is 2.35. The van der Waals surface area contributed by atoms with Gasteiger partial charge in [0.05, 0.1) is 11.8 Å². The molecule has 0 aromatic heterocycles. The minimum absolute atomic E-state index is 0.216. The van der Waals surface area contributed by atoms with Gasteiger partial charge in [0, 0.05) is 13.0 Å². The Morgan fingerprint density at radius 3 is 2.33 bits per heavy atom. The molecule has 6 heteroatoms. The number of aliphatic carboxylic acids is 1. The Kier molecular flexibility index (Phi) is 5.61. The zero-order chi connectivity index (χ0) is 13.5. The molecule has 4 N–H and O–H groups in total. The molecule has 0 aromatic rings. The number of hydrogen-bond acceptors (Lipinski definition) is 3. The summed E-state index contributed by atoms with van der Waals surface area (Å²) in [6, 6.07) is 0. The Hall–Kier alpha value is -1.59. The molecule has 0 saturated heterocycles. The maximum atomic E-state index is 11.9. The van der Waals surface area contributed by atoms with E-state index < -0.39 is 23.7 Å². The lowest BCUT2D eigenvalue weighted by Crippen LogP contribution is -2.40. The van der Waals surface area contributed by atoms with Crippen LogP contribution in [0.2, 0.25) is 0 Å². The average Bonchev–Trinajstić information content (AvgIpc) is 2.34. The van der Waals surface area contributed by atoms with Gasteiger partial charge >= 0.3 is 5.97 Å². The van der Waals surface area contributed by atoms with Crippen molar-refractivity contribution in [1.29, 1.82) is 0 Å². The number of primary amides is 1. The highest BCUT2D eigenvalue weighted by Gasteiger charge is 2.35. The standard InChI is InChI=1S/C12H20N2O4/c13-10(15)6-3-7-14-11(16)8-4-1-2-5-9(8)12(17)18/h8-9H,1-7H2,(H2,13,15)(H,14,16)(H,17,18). The minimum Gasteiger partial charge on any atom is -0.481 e. The van der Waals surface area contributed by atoms with Gasteiger partial charge in [0.15, 0.2) is 0 Å². The van der Waals surface area contributed by atoms with E-state index in [1.807, 2.05) is 0 Å². The van der Waals surface area contributed by atoms with Gasteiger partial charge in [0.25, 0.3) is 0 Å². The molecule has 2 unspecified atom stereocenters. The molecule has 18 heavy (non-hydrogen) atoms. The topological polar surface area (TPSA) is 109 Å². The van der Waals surface area contributed by atoms with Crippen LogP contribution in [0.4, 0.5) is 0 Å². The van der Waals surface area contributed by atoms with Crippen LogP contribution in [-0.2, 0) is 14.4 Å². The molecular weight excluding hydrogens is 236 g/mol. The fourth-order valence-electron chi connectivity index (χ4n) is 2.35. The van der Waals surface area contributed by atoms with Crippen molar-refractivity contribution in [2.75, 3.05) is 6.54 Å². The molecule has 2 atom stereocenters. The Balaban J connectivity index is 2.38. The maximum Gasteiger partial charge on any atom is 0.307 e. The zero-order valence-electron chi connectivity index (χ0n) is 10.4. The van der Waals surface area contributed by atoms with Crippen molar-refractivity contribution < 1.29 is 19.5 Å². The van der Waals surface area contributed by atoms with Crippen molar-refractivity contribution in [1.82, 2.24) is 5.32 Å². The first-order valence-electron chi connectivity index (χ1n) is 6.31. The van der Waals surface area contributed by atoms with Crippen LogP contribution in [0.25, 0.3) is 0 Å². The Bertz CT molecular complexity index is 330. The second kappa shape index (κ2) is 6.98. The van der Waals surface area contributed by atoms with Crippen LogP contribution in [-0.4, -0.2) is 29.4 Å².